The zero-order valence-corrected chi connectivity index (χ0v) is 21.7. The molecule has 0 radical (unpaired) electrons. The van der Waals surface area contributed by atoms with E-state index in [1.54, 1.807) is 24.3 Å². The van der Waals surface area contributed by atoms with E-state index in [-0.39, 0.29) is 42.7 Å². The van der Waals surface area contributed by atoms with Crippen LogP contribution < -0.4 is 9.47 Å². The second kappa shape index (κ2) is 12.6. The molecule has 0 heterocycles. The van der Waals surface area contributed by atoms with Crippen LogP contribution in [0.15, 0.2) is 58.8 Å². The van der Waals surface area contributed by atoms with Gasteiger partial charge in [-0.1, -0.05) is 74.9 Å². The summed E-state index contributed by atoms with van der Waals surface area (Å²) in [5.74, 6) is -1.55. The van der Waals surface area contributed by atoms with Crippen molar-refractivity contribution in [3.63, 3.8) is 0 Å². The molecule has 0 spiro atoms. The molecule has 0 fully saturated rings. The molecule has 0 aliphatic rings. The largest absolute Gasteiger partial charge is 0.494 e. The minimum absolute atomic E-state index is 0.0528. The third-order valence-electron chi connectivity index (χ3n) is 4.52. The topological polar surface area (TPSA) is 95.8 Å². The van der Waals surface area contributed by atoms with Crippen molar-refractivity contribution >= 4 is 70.8 Å². The maximum absolute atomic E-state index is 12.4. The lowest BCUT2D eigenvalue weighted by Crippen LogP contribution is -2.06. The first-order valence-electron chi connectivity index (χ1n) is 9.90. The van der Waals surface area contributed by atoms with E-state index < -0.39 is 11.9 Å². The molecule has 12 heteroatoms. The standard InChI is InChI=1S/C24H16Cl4N2O6/c1-33-21-17(27)8-6-15(25)19(21)23(31)35-29-11-13-4-3-5-14(10-13)12-30-36-24(32)20-16(26)7-9-18(28)22(20)34-2/h3-12H,1-2H3/b29-11+,30-12+. The Bertz CT molecular complexity index is 1260. The summed E-state index contributed by atoms with van der Waals surface area (Å²) in [5, 5.41) is 7.96. The molecule has 0 aliphatic carbocycles. The van der Waals surface area contributed by atoms with Crippen molar-refractivity contribution in [2.45, 2.75) is 0 Å². The molecule has 3 rings (SSSR count). The Kier molecular flexibility index (Phi) is 9.55. The van der Waals surface area contributed by atoms with E-state index in [0.29, 0.717) is 11.1 Å². The lowest BCUT2D eigenvalue weighted by molar-refractivity contribution is 0.0507. The first-order valence-corrected chi connectivity index (χ1v) is 11.4. The van der Waals surface area contributed by atoms with Crippen molar-refractivity contribution in [2.75, 3.05) is 14.2 Å². The summed E-state index contributed by atoms with van der Waals surface area (Å²) in [7, 11) is 2.70. The van der Waals surface area contributed by atoms with Crippen molar-refractivity contribution in [1.82, 2.24) is 0 Å². The van der Waals surface area contributed by atoms with Gasteiger partial charge in [0.2, 0.25) is 0 Å². The van der Waals surface area contributed by atoms with Crippen molar-refractivity contribution in [1.29, 1.82) is 0 Å². The third-order valence-corrected chi connectivity index (χ3v) is 5.74. The maximum Gasteiger partial charge on any atom is 0.371 e. The van der Waals surface area contributed by atoms with Crippen LogP contribution >= 0.6 is 46.4 Å². The Hall–Kier alpha value is -3.30. The highest BCUT2D eigenvalue weighted by Crippen LogP contribution is 2.35. The van der Waals surface area contributed by atoms with Gasteiger partial charge in [0.05, 0.1) is 46.7 Å². The Morgan fingerprint density at radius 2 is 1.06 bits per heavy atom. The molecule has 0 saturated carbocycles. The average Bonchev–Trinajstić information content (AvgIpc) is 2.86. The molecule has 0 aromatic heterocycles. The van der Waals surface area contributed by atoms with E-state index in [0.717, 1.165) is 0 Å². The average molecular weight is 570 g/mol. The molecule has 3 aromatic carbocycles. The molecule has 0 bridgehead atoms. The highest BCUT2D eigenvalue weighted by Gasteiger charge is 2.22. The highest BCUT2D eigenvalue weighted by atomic mass is 35.5. The molecule has 0 amide bonds. The molecule has 0 aliphatic heterocycles. The van der Waals surface area contributed by atoms with Crippen LogP contribution in [0.4, 0.5) is 0 Å². The Balaban J connectivity index is 1.67. The number of carbonyl (C=O) groups excluding carboxylic acids is 2. The van der Waals surface area contributed by atoms with E-state index in [2.05, 4.69) is 10.3 Å². The smallest absolute Gasteiger partial charge is 0.371 e. The number of halogens is 4. The van der Waals surface area contributed by atoms with E-state index in [4.69, 9.17) is 65.6 Å². The van der Waals surface area contributed by atoms with Crippen LogP contribution in [0.5, 0.6) is 11.5 Å². The number of ether oxygens (including phenoxy) is 2. The van der Waals surface area contributed by atoms with Crippen LogP contribution in [-0.4, -0.2) is 38.6 Å². The van der Waals surface area contributed by atoms with E-state index in [1.807, 2.05) is 0 Å². The van der Waals surface area contributed by atoms with Gasteiger partial charge in [-0.3, -0.25) is 0 Å². The second-order valence-electron chi connectivity index (χ2n) is 6.77. The number of nitrogens with zero attached hydrogens (tertiary/aromatic N) is 2. The van der Waals surface area contributed by atoms with Crippen molar-refractivity contribution < 1.29 is 28.7 Å². The van der Waals surface area contributed by atoms with Crippen LogP contribution in [0.2, 0.25) is 20.1 Å². The van der Waals surface area contributed by atoms with Gasteiger partial charge in [-0.15, -0.1) is 0 Å². The SMILES string of the molecule is COc1c(Cl)ccc(Cl)c1C(=O)O/N=C/c1cccc(/C=N/OC(=O)c2c(Cl)ccc(Cl)c2OC)c1. The fraction of sp³-hybridized carbons (Fsp3) is 0.0833. The molecule has 8 nitrogen and oxygen atoms in total. The number of hydrogen-bond donors (Lipinski definition) is 0. The third kappa shape index (κ3) is 6.47. The summed E-state index contributed by atoms with van der Waals surface area (Å²) in [6.07, 6.45) is 2.59. The monoisotopic (exact) mass is 568 g/mol. The van der Waals surface area contributed by atoms with Gasteiger partial charge >= 0.3 is 11.9 Å². The first kappa shape index (κ1) is 27.3. The van der Waals surface area contributed by atoms with Gasteiger partial charge in [0.15, 0.2) is 11.5 Å². The molecule has 0 unspecified atom stereocenters. The van der Waals surface area contributed by atoms with E-state index >= 15 is 0 Å². The van der Waals surface area contributed by atoms with Gasteiger partial charge in [0.25, 0.3) is 0 Å². The quantitative estimate of drug-likeness (QED) is 0.170. The zero-order valence-electron chi connectivity index (χ0n) is 18.6. The predicted molar refractivity (Wildman–Crippen MR) is 138 cm³/mol. The fourth-order valence-electron chi connectivity index (χ4n) is 2.93. The number of hydrogen-bond acceptors (Lipinski definition) is 8. The second-order valence-corrected chi connectivity index (χ2v) is 8.40. The van der Waals surface area contributed by atoms with Crippen LogP contribution in [0.3, 0.4) is 0 Å². The van der Waals surface area contributed by atoms with Gasteiger partial charge in [-0.2, -0.15) is 0 Å². The predicted octanol–water partition coefficient (Wildman–Crippen LogP) is 6.70. The lowest BCUT2D eigenvalue weighted by Gasteiger charge is -2.09. The lowest BCUT2D eigenvalue weighted by atomic mass is 10.1. The number of methoxy groups -OCH3 is 2. The van der Waals surface area contributed by atoms with Crippen molar-refractivity contribution in [2.24, 2.45) is 10.3 Å². The van der Waals surface area contributed by atoms with Crippen LogP contribution in [-0.2, 0) is 9.68 Å². The summed E-state index contributed by atoms with van der Waals surface area (Å²) in [4.78, 5) is 34.7. The normalized spacial score (nSPS) is 11.1. The summed E-state index contributed by atoms with van der Waals surface area (Å²) >= 11 is 24.2. The zero-order chi connectivity index (χ0) is 26.2. The summed E-state index contributed by atoms with van der Waals surface area (Å²) in [5.41, 5.74) is 1.01. The number of rotatable bonds is 8. The van der Waals surface area contributed by atoms with E-state index in [9.17, 15) is 9.59 Å². The van der Waals surface area contributed by atoms with Gasteiger partial charge in [0.1, 0.15) is 11.1 Å². The molecular weight excluding hydrogens is 554 g/mol. The fourth-order valence-corrected chi connectivity index (χ4v) is 3.85. The molecule has 0 saturated heterocycles. The van der Waals surface area contributed by atoms with Crippen LogP contribution in [0, 0.1) is 0 Å². The highest BCUT2D eigenvalue weighted by molar-refractivity contribution is 6.37. The molecule has 0 atom stereocenters. The van der Waals surface area contributed by atoms with Crippen LogP contribution in [0.25, 0.3) is 0 Å². The van der Waals surface area contributed by atoms with Crippen molar-refractivity contribution in [3.8, 4) is 11.5 Å². The molecule has 186 valence electrons. The Labute approximate surface area is 225 Å². The number of carbonyl (C=O) groups is 2. The first-order chi connectivity index (χ1) is 17.3. The minimum Gasteiger partial charge on any atom is -0.494 e. The van der Waals surface area contributed by atoms with Gasteiger partial charge in [-0.05, 0) is 41.5 Å². The number of benzene rings is 3. The van der Waals surface area contributed by atoms with Gasteiger partial charge < -0.3 is 19.1 Å². The van der Waals surface area contributed by atoms with Crippen molar-refractivity contribution in [3.05, 3.63) is 90.9 Å². The van der Waals surface area contributed by atoms with E-state index in [1.165, 1.54) is 50.9 Å². The van der Waals surface area contributed by atoms with Gasteiger partial charge in [-0.25, -0.2) is 9.59 Å². The summed E-state index contributed by atoms with van der Waals surface area (Å²) < 4.78 is 10.3. The molecule has 36 heavy (non-hydrogen) atoms. The molecule has 0 N–H and O–H groups in total. The van der Waals surface area contributed by atoms with Gasteiger partial charge in [0, 0.05) is 0 Å². The Morgan fingerprint density at radius 3 is 1.44 bits per heavy atom. The number of oxime groups is 2. The minimum atomic E-state index is -0.852. The summed E-state index contributed by atoms with van der Waals surface area (Å²) in [6, 6.07) is 12.6. The summed E-state index contributed by atoms with van der Waals surface area (Å²) in [6.45, 7) is 0. The Morgan fingerprint density at radius 1 is 0.667 bits per heavy atom. The maximum atomic E-state index is 12.4. The molecule has 3 aromatic rings. The van der Waals surface area contributed by atoms with Crippen LogP contribution in [0.1, 0.15) is 31.8 Å². The molecular formula is C24H16Cl4N2O6.